The number of aromatic amines is 1. The third-order valence-electron chi connectivity index (χ3n) is 2.76. The molecule has 0 unspecified atom stereocenters. The van der Waals surface area contributed by atoms with Crippen LogP contribution < -0.4 is 11.3 Å². The van der Waals surface area contributed by atoms with Crippen molar-refractivity contribution >= 4 is 17.2 Å². The van der Waals surface area contributed by atoms with Gasteiger partial charge in [0.1, 0.15) is 11.6 Å². The van der Waals surface area contributed by atoms with Gasteiger partial charge in [0.2, 0.25) is 5.95 Å². The number of carbonyl (C=O) groups excluding carboxylic acids is 1. The highest BCUT2D eigenvalue weighted by Crippen LogP contribution is 2.32. The molecule has 3 N–H and O–H groups in total. The Kier molecular flexibility index (Phi) is 1.65. The van der Waals surface area contributed by atoms with Crippen molar-refractivity contribution in [2.45, 2.75) is 18.8 Å². The van der Waals surface area contributed by atoms with E-state index in [0.717, 1.165) is 0 Å². The molecule has 0 aromatic carbocycles. The summed E-state index contributed by atoms with van der Waals surface area (Å²) in [6, 6.07) is 0. The van der Waals surface area contributed by atoms with E-state index >= 15 is 0 Å². The average molecular weight is 219 g/mol. The van der Waals surface area contributed by atoms with E-state index in [1.807, 2.05) is 0 Å². The summed E-state index contributed by atoms with van der Waals surface area (Å²) >= 11 is 0. The number of hydrogen-bond acceptors (Lipinski definition) is 5. The van der Waals surface area contributed by atoms with Gasteiger partial charge in [0.05, 0.1) is 6.20 Å². The van der Waals surface area contributed by atoms with Crippen LogP contribution in [0.4, 0.5) is 5.95 Å². The van der Waals surface area contributed by atoms with Crippen LogP contribution in [0.1, 0.15) is 24.6 Å². The Balaban J connectivity index is 2.19. The van der Waals surface area contributed by atoms with E-state index in [0.29, 0.717) is 24.2 Å². The number of ketones is 1. The van der Waals surface area contributed by atoms with Gasteiger partial charge < -0.3 is 5.73 Å². The molecule has 0 saturated heterocycles. The maximum Gasteiger partial charge on any atom is 0.278 e. The number of nitrogens with two attached hydrogens (primary N) is 1. The monoisotopic (exact) mass is 219 g/mol. The molecule has 2 aromatic rings. The third-order valence-corrected chi connectivity index (χ3v) is 2.76. The van der Waals surface area contributed by atoms with Crippen molar-refractivity contribution in [3.63, 3.8) is 0 Å². The van der Waals surface area contributed by atoms with Crippen molar-refractivity contribution in [3.8, 4) is 0 Å². The SMILES string of the molecule is Nc1nn2c(C3CC(=O)C3)ncc2c(=O)[nH]1. The Labute approximate surface area is 89.3 Å². The van der Waals surface area contributed by atoms with Gasteiger partial charge >= 0.3 is 0 Å². The zero-order valence-electron chi connectivity index (χ0n) is 8.30. The molecule has 1 aliphatic rings. The molecule has 0 spiro atoms. The second kappa shape index (κ2) is 2.91. The lowest BCUT2D eigenvalue weighted by Gasteiger charge is -2.22. The molecule has 0 radical (unpaired) electrons. The first-order chi connectivity index (χ1) is 7.65. The molecular formula is C9H9N5O2. The molecule has 7 nitrogen and oxygen atoms in total. The molecule has 1 aliphatic carbocycles. The third kappa shape index (κ3) is 1.14. The van der Waals surface area contributed by atoms with Crippen molar-refractivity contribution in [1.82, 2.24) is 19.6 Å². The minimum Gasteiger partial charge on any atom is -0.368 e. The molecule has 0 amide bonds. The van der Waals surface area contributed by atoms with Gasteiger partial charge in [-0.15, -0.1) is 5.10 Å². The quantitative estimate of drug-likeness (QED) is 0.669. The van der Waals surface area contributed by atoms with Crippen LogP contribution in [0.15, 0.2) is 11.0 Å². The minimum absolute atomic E-state index is 0.0439. The molecule has 1 saturated carbocycles. The average Bonchev–Trinajstić information content (AvgIpc) is 2.56. The number of H-pyrrole nitrogens is 1. The van der Waals surface area contributed by atoms with Crippen molar-refractivity contribution in [2.24, 2.45) is 0 Å². The first kappa shape index (κ1) is 9.08. The number of nitrogen functional groups attached to an aromatic ring is 1. The van der Waals surface area contributed by atoms with E-state index in [2.05, 4.69) is 15.1 Å². The smallest absolute Gasteiger partial charge is 0.278 e. The van der Waals surface area contributed by atoms with Crippen molar-refractivity contribution < 1.29 is 4.79 Å². The molecule has 3 rings (SSSR count). The number of carbonyl (C=O) groups is 1. The highest BCUT2D eigenvalue weighted by atomic mass is 16.1. The van der Waals surface area contributed by atoms with Gasteiger partial charge in [0.15, 0.2) is 5.52 Å². The second-order valence-electron chi connectivity index (χ2n) is 3.90. The van der Waals surface area contributed by atoms with E-state index < -0.39 is 0 Å². The van der Waals surface area contributed by atoms with Gasteiger partial charge in [0.25, 0.3) is 5.56 Å². The standard InChI is InChI=1S/C9H9N5O2/c10-9-12-8(16)6-3-11-7(14(6)13-9)4-1-5(15)2-4/h3-4H,1-2H2,(H3,10,12,13,16). The van der Waals surface area contributed by atoms with Crippen LogP contribution in [-0.4, -0.2) is 25.4 Å². The van der Waals surface area contributed by atoms with E-state index in [9.17, 15) is 9.59 Å². The lowest BCUT2D eigenvalue weighted by Crippen LogP contribution is -2.25. The Hall–Kier alpha value is -2.18. The fourth-order valence-electron chi connectivity index (χ4n) is 1.88. The Bertz CT molecular complexity index is 633. The maximum atomic E-state index is 11.5. The Morgan fingerprint density at radius 2 is 2.19 bits per heavy atom. The molecule has 2 aromatic heterocycles. The molecule has 82 valence electrons. The topological polar surface area (TPSA) is 106 Å². The summed E-state index contributed by atoms with van der Waals surface area (Å²) in [7, 11) is 0. The van der Waals surface area contributed by atoms with Crippen LogP contribution >= 0.6 is 0 Å². The largest absolute Gasteiger partial charge is 0.368 e. The zero-order chi connectivity index (χ0) is 11.3. The predicted molar refractivity (Wildman–Crippen MR) is 55.0 cm³/mol. The van der Waals surface area contributed by atoms with Crippen LogP contribution in [-0.2, 0) is 4.79 Å². The van der Waals surface area contributed by atoms with Gasteiger partial charge in [-0.25, -0.2) is 9.50 Å². The second-order valence-corrected chi connectivity index (χ2v) is 3.90. The normalized spacial score (nSPS) is 16.6. The van der Waals surface area contributed by atoms with Crippen molar-refractivity contribution in [2.75, 3.05) is 5.73 Å². The lowest BCUT2D eigenvalue weighted by atomic mass is 9.83. The number of rotatable bonds is 1. The fraction of sp³-hybridized carbons (Fsp3) is 0.333. The summed E-state index contributed by atoms with van der Waals surface area (Å²) in [5.41, 5.74) is 5.49. The van der Waals surface area contributed by atoms with E-state index in [4.69, 9.17) is 5.73 Å². The molecule has 7 heteroatoms. The number of nitrogens with zero attached hydrogens (tertiary/aromatic N) is 3. The molecular weight excluding hydrogens is 210 g/mol. The first-order valence-electron chi connectivity index (χ1n) is 4.90. The van der Waals surface area contributed by atoms with E-state index in [1.165, 1.54) is 10.7 Å². The van der Waals surface area contributed by atoms with Crippen LogP contribution in [0.5, 0.6) is 0 Å². The molecule has 0 atom stereocenters. The molecule has 1 fully saturated rings. The fourth-order valence-corrected chi connectivity index (χ4v) is 1.88. The highest BCUT2D eigenvalue weighted by Gasteiger charge is 2.31. The number of imidazole rings is 1. The van der Waals surface area contributed by atoms with Crippen LogP contribution in [0.25, 0.3) is 5.52 Å². The zero-order valence-corrected chi connectivity index (χ0v) is 8.30. The summed E-state index contributed by atoms with van der Waals surface area (Å²) in [4.78, 5) is 28.9. The molecule has 0 bridgehead atoms. The van der Waals surface area contributed by atoms with Gasteiger partial charge in [-0.3, -0.25) is 14.6 Å². The molecule has 0 aliphatic heterocycles. The number of nitrogens with one attached hydrogen (secondary N) is 1. The maximum absolute atomic E-state index is 11.5. The summed E-state index contributed by atoms with van der Waals surface area (Å²) in [5.74, 6) is 0.943. The predicted octanol–water partition coefficient (Wildman–Crippen LogP) is -0.554. The van der Waals surface area contributed by atoms with Crippen molar-refractivity contribution in [1.29, 1.82) is 0 Å². The van der Waals surface area contributed by atoms with Gasteiger partial charge in [0, 0.05) is 18.8 Å². The van der Waals surface area contributed by atoms with Crippen LogP contribution in [0.2, 0.25) is 0 Å². The number of fused-ring (bicyclic) bond motifs is 1. The minimum atomic E-state index is -0.322. The first-order valence-corrected chi connectivity index (χ1v) is 4.90. The van der Waals surface area contributed by atoms with Crippen molar-refractivity contribution in [3.05, 3.63) is 22.4 Å². The Morgan fingerprint density at radius 3 is 2.88 bits per heavy atom. The number of Topliss-reactive ketones (excluding diaryl/α,β-unsaturated/α-hetero) is 1. The number of hydrogen-bond donors (Lipinski definition) is 2. The van der Waals surface area contributed by atoms with Gasteiger partial charge in [-0.2, -0.15) is 0 Å². The summed E-state index contributed by atoms with van der Waals surface area (Å²) in [6.07, 6.45) is 2.38. The van der Waals surface area contributed by atoms with E-state index in [-0.39, 0.29) is 23.2 Å². The molecule has 2 heterocycles. The summed E-state index contributed by atoms with van der Waals surface area (Å²) < 4.78 is 1.42. The van der Waals surface area contributed by atoms with Crippen LogP contribution in [0, 0.1) is 0 Å². The van der Waals surface area contributed by atoms with Crippen LogP contribution in [0.3, 0.4) is 0 Å². The summed E-state index contributed by atoms with van der Waals surface area (Å²) in [6.45, 7) is 0. The summed E-state index contributed by atoms with van der Waals surface area (Å²) in [5, 5.41) is 3.99. The van der Waals surface area contributed by atoms with Gasteiger partial charge in [-0.1, -0.05) is 0 Å². The number of aromatic nitrogens is 4. The highest BCUT2D eigenvalue weighted by molar-refractivity contribution is 5.86. The Morgan fingerprint density at radius 1 is 1.44 bits per heavy atom. The molecule has 16 heavy (non-hydrogen) atoms. The lowest BCUT2D eigenvalue weighted by molar-refractivity contribution is -0.124. The van der Waals surface area contributed by atoms with E-state index in [1.54, 1.807) is 0 Å². The number of anilines is 1. The van der Waals surface area contributed by atoms with Gasteiger partial charge in [-0.05, 0) is 0 Å².